The van der Waals surface area contributed by atoms with Crippen molar-refractivity contribution in [3.63, 3.8) is 0 Å². The molecule has 0 amide bonds. The molecular weight excluding hydrogens is 232 g/mol. The van der Waals surface area contributed by atoms with Gasteiger partial charge in [0.15, 0.2) is 0 Å². The maximum atomic E-state index is 5.77. The molecule has 0 spiro atoms. The summed E-state index contributed by atoms with van der Waals surface area (Å²) >= 11 is 0. The molecule has 2 aromatic carbocycles. The molecule has 1 aromatic heterocycles. The van der Waals surface area contributed by atoms with Gasteiger partial charge >= 0.3 is 0 Å². The van der Waals surface area contributed by atoms with Gasteiger partial charge in [0.2, 0.25) is 0 Å². The lowest BCUT2D eigenvalue weighted by atomic mass is 10.1. The second-order valence-corrected chi connectivity index (χ2v) is 4.65. The zero-order chi connectivity index (χ0) is 13.1. The standard InChI is InChI=1S/C18H16O/c1-14-16(17-11-5-6-13-18(17)19-14)12-7-10-15-8-3-2-4-9-15/h2-11,13H,12H2,1H3/b10-7+. The highest BCUT2D eigenvalue weighted by Crippen LogP contribution is 2.25. The summed E-state index contributed by atoms with van der Waals surface area (Å²) in [6.45, 7) is 2.03. The van der Waals surface area contributed by atoms with Crippen LogP contribution in [0.4, 0.5) is 0 Å². The lowest BCUT2D eigenvalue weighted by Gasteiger charge is -1.95. The molecule has 0 atom stereocenters. The van der Waals surface area contributed by atoms with Crippen molar-refractivity contribution in [1.29, 1.82) is 0 Å². The van der Waals surface area contributed by atoms with Gasteiger partial charge in [-0.05, 0) is 25.0 Å². The summed E-state index contributed by atoms with van der Waals surface area (Å²) in [5.41, 5.74) is 3.49. The highest BCUT2D eigenvalue weighted by molar-refractivity contribution is 5.82. The highest BCUT2D eigenvalue weighted by atomic mass is 16.3. The zero-order valence-electron chi connectivity index (χ0n) is 11.0. The van der Waals surface area contributed by atoms with Crippen molar-refractivity contribution >= 4 is 17.0 Å². The third-order valence-electron chi connectivity index (χ3n) is 3.33. The van der Waals surface area contributed by atoms with Gasteiger partial charge in [-0.1, -0.05) is 60.7 Å². The maximum absolute atomic E-state index is 5.77. The molecule has 0 aliphatic rings. The summed E-state index contributed by atoms with van der Waals surface area (Å²) in [7, 11) is 0. The van der Waals surface area contributed by atoms with E-state index < -0.39 is 0 Å². The number of fused-ring (bicyclic) bond motifs is 1. The van der Waals surface area contributed by atoms with Gasteiger partial charge in [-0.3, -0.25) is 0 Å². The summed E-state index contributed by atoms with van der Waals surface area (Å²) in [5, 5.41) is 1.22. The summed E-state index contributed by atoms with van der Waals surface area (Å²) in [4.78, 5) is 0. The van der Waals surface area contributed by atoms with Crippen molar-refractivity contribution in [2.75, 3.05) is 0 Å². The molecular formula is C18H16O. The van der Waals surface area contributed by atoms with Crippen LogP contribution in [0.2, 0.25) is 0 Å². The molecule has 0 unspecified atom stereocenters. The summed E-state index contributed by atoms with van der Waals surface area (Å²) in [6, 6.07) is 18.6. The van der Waals surface area contributed by atoms with Gasteiger partial charge in [-0.2, -0.15) is 0 Å². The summed E-state index contributed by atoms with van der Waals surface area (Å²) in [5.74, 6) is 1.01. The monoisotopic (exact) mass is 248 g/mol. The Bertz CT molecular complexity index is 705. The smallest absolute Gasteiger partial charge is 0.134 e. The maximum Gasteiger partial charge on any atom is 0.134 e. The fourth-order valence-electron chi connectivity index (χ4n) is 2.35. The Kier molecular flexibility index (Phi) is 3.20. The van der Waals surface area contributed by atoms with Gasteiger partial charge in [-0.15, -0.1) is 0 Å². The fourth-order valence-corrected chi connectivity index (χ4v) is 2.35. The number of allylic oxidation sites excluding steroid dienone is 1. The van der Waals surface area contributed by atoms with Gasteiger partial charge in [0, 0.05) is 10.9 Å². The Balaban J connectivity index is 1.86. The number of furan rings is 1. The number of hydrogen-bond acceptors (Lipinski definition) is 1. The quantitative estimate of drug-likeness (QED) is 0.636. The van der Waals surface area contributed by atoms with E-state index in [4.69, 9.17) is 4.42 Å². The Labute approximate surface area is 113 Å². The molecule has 3 aromatic rings. The molecule has 0 saturated carbocycles. The largest absolute Gasteiger partial charge is 0.461 e. The first-order chi connectivity index (χ1) is 9.34. The predicted molar refractivity (Wildman–Crippen MR) is 80.1 cm³/mol. The first-order valence-electron chi connectivity index (χ1n) is 6.53. The average molecular weight is 248 g/mol. The van der Waals surface area contributed by atoms with Crippen LogP contribution < -0.4 is 0 Å². The van der Waals surface area contributed by atoms with Crippen LogP contribution in [-0.4, -0.2) is 0 Å². The Morgan fingerprint density at radius 1 is 0.947 bits per heavy atom. The topological polar surface area (TPSA) is 13.1 Å². The van der Waals surface area contributed by atoms with Crippen LogP contribution in [0.15, 0.2) is 65.1 Å². The Morgan fingerprint density at radius 2 is 1.68 bits per heavy atom. The van der Waals surface area contributed by atoms with E-state index in [0.717, 1.165) is 17.8 Å². The van der Waals surface area contributed by atoms with Gasteiger partial charge in [0.1, 0.15) is 11.3 Å². The third-order valence-corrected chi connectivity index (χ3v) is 3.33. The normalized spacial score (nSPS) is 11.4. The fraction of sp³-hybridized carbons (Fsp3) is 0.111. The number of para-hydroxylation sites is 1. The van der Waals surface area contributed by atoms with Crippen LogP contribution in [0.25, 0.3) is 17.0 Å². The number of benzene rings is 2. The van der Waals surface area contributed by atoms with Crippen molar-refractivity contribution in [3.05, 3.63) is 77.6 Å². The highest BCUT2D eigenvalue weighted by Gasteiger charge is 2.08. The van der Waals surface area contributed by atoms with Crippen LogP contribution in [0.5, 0.6) is 0 Å². The van der Waals surface area contributed by atoms with E-state index >= 15 is 0 Å². The molecule has 19 heavy (non-hydrogen) atoms. The summed E-state index contributed by atoms with van der Waals surface area (Å²) < 4.78 is 5.77. The van der Waals surface area contributed by atoms with Crippen molar-refractivity contribution in [3.8, 4) is 0 Å². The molecule has 3 rings (SSSR count). The average Bonchev–Trinajstić information content (AvgIpc) is 2.76. The second-order valence-electron chi connectivity index (χ2n) is 4.65. The van der Waals surface area contributed by atoms with Crippen LogP contribution in [0.3, 0.4) is 0 Å². The molecule has 94 valence electrons. The Hall–Kier alpha value is -2.28. The number of rotatable bonds is 3. The lowest BCUT2D eigenvalue weighted by Crippen LogP contribution is -1.81. The number of hydrogen-bond donors (Lipinski definition) is 0. The Morgan fingerprint density at radius 3 is 2.53 bits per heavy atom. The van der Waals surface area contributed by atoms with Crippen LogP contribution in [0.1, 0.15) is 16.9 Å². The lowest BCUT2D eigenvalue weighted by molar-refractivity contribution is 0.573. The first kappa shape index (κ1) is 11.8. The van der Waals surface area contributed by atoms with E-state index in [9.17, 15) is 0 Å². The van der Waals surface area contributed by atoms with Crippen LogP contribution in [-0.2, 0) is 6.42 Å². The minimum atomic E-state index is 0.901. The minimum Gasteiger partial charge on any atom is -0.461 e. The zero-order valence-corrected chi connectivity index (χ0v) is 11.0. The van der Waals surface area contributed by atoms with Gasteiger partial charge in [0.25, 0.3) is 0 Å². The molecule has 1 heterocycles. The molecule has 0 aliphatic heterocycles. The van der Waals surface area contributed by atoms with Crippen molar-refractivity contribution in [1.82, 2.24) is 0 Å². The third kappa shape index (κ3) is 2.45. The predicted octanol–water partition coefficient (Wildman–Crippen LogP) is 5.00. The van der Waals surface area contributed by atoms with Crippen molar-refractivity contribution < 1.29 is 4.42 Å². The van der Waals surface area contributed by atoms with Gasteiger partial charge in [0.05, 0.1) is 0 Å². The van der Waals surface area contributed by atoms with Gasteiger partial charge < -0.3 is 4.42 Å². The molecule has 0 aliphatic carbocycles. The molecule has 1 nitrogen and oxygen atoms in total. The molecule has 0 N–H and O–H groups in total. The van der Waals surface area contributed by atoms with Gasteiger partial charge in [-0.25, -0.2) is 0 Å². The SMILES string of the molecule is Cc1oc2ccccc2c1C/C=C/c1ccccc1. The van der Waals surface area contributed by atoms with E-state index in [0.29, 0.717) is 0 Å². The molecule has 0 radical (unpaired) electrons. The minimum absolute atomic E-state index is 0.901. The molecule has 0 saturated heterocycles. The van der Waals surface area contributed by atoms with Crippen LogP contribution in [0, 0.1) is 6.92 Å². The van der Waals surface area contributed by atoms with Crippen molar-refractivity contribution in [2.24, 2.45) is 0 Å². The summed E-state index contributed by atoms with van der Waals surface area (Å²) in [6.07, 6.45) is 5.25. The molecule has 1 heteroatoms. The van der Waals surface area contributed by atoms with E-state index in [1.54, 1.807) is 0 Å². The number of aryl methyl sites for hydroxylation is 1. The first-order valence-corrected chi connectivity index (χ1v) is 6.53. The van der Waals surface area contributed by atoms with E-state index in [2.05, 4.69) is 48.6 Å². The second kappa shape index (κ2) is 5.15. The van der Waals surface area contributed by atoms with E-state index in [1.807, 2.05) is 25.1 Å². The van der Waals surface area contributed by atoms with E-state index in [-0.39, 0.29) is 0 Å². The van der Waals surface area contributed by atoms with E-state index in [1.165, 1.54) is 16.5 Å². The van der Waals surface area contributed by atoms with Crippen LogP contribution >= 0.6 is 0 Å². The molecule has 0 fully saturated rings. The molecule has 0 bridgehead atoms. The van der Waals surface area contributed by atoms with Crippen molar-refractivity contribution in [2.45, 2.75) is 13.3 Å².